The Kier molecular flexibility index (Phi) is 5.90. The second kappa shape index (κ2) is 8.33. The summed E-state index contributed by atoms with van der Waals surface area (Å²) < 4.78 is 11.6. The summed E-state index contributed by atoms with van der Waals surface area (Å²) in [5.41, 5.74) is 0.680. The summed E-state index contributed by atoms with van der Waals surface area (Å²) in [4.78, 5) is 23.7. The van der Waals surface area contributed by atoms with Crippen molar-refractivity contribution in [2.45, 2.75) is 6.42 Å². The van der Waals surface area contributed by atoms with E-state index in [4.69, 9.17) is 9.47 Å². The van der Waals surface area contributed by atoms with E-state index >= 15 is 0 Å². The van der Waals surface area contributed by atoms with Gasteiger partial charge in [0.25, 0.3) is 5.91 Å². The molecule has 0 spiro atoms. The zero-order valence-electron chi connectivity index (χ0n) is 13.9. The lowest BCUT2D eigenvalue weighted by Gasteiger charge is -2.11. The van der Waals surface area contributed by atoms with Gasteiger partial charge in [0, 0.05) is 22.6 Å². The molecule has 1 aliphatic rings. The highest BCUT2D eigenvalue weighted by molar-refractivity contribution is 9.10. The van der Waals surface area contributed by atoms with Crippen LogP contribution in [0.15, 0.2) is 46.9 Å². The van der Waals surface area contributed by atoms with Gasteiger partial charge in [-0.3, -0.25) is 4.79 Å². The van der Waals surface area contributed by atoms with Gasteiger partial charge in [-0.05, 0) is 48.9 Å². The van der Waals surface area contributed by atoms with Gasteiger partial charge in [-0.2, -0.15) is 0 Å². The third-order valence-electron chi connectivity index (χ3n) is 4.09. The number of carboxylic acids is 1. The molecule has 0 aliphatic carbocycles. The van der Waals surface area contributed by atoms with Gasteiger partial charge in [-0.15, -0.1) is 0 Å². The van der Waals surface area contributed by atoms with Gasteiger partial charge in [0.2, 0.25) is 0 Å². The van der Waals surface area contributed by atoms with E-state index in [2.05, 4.69) is 21.2 Å². The summed E-state index contributed by atoms with van der Waals surface area (Å²) in [5, 5.41) is 11.9. The maximum absolute atomic E-state index is 12.4. The molecule has 2 N–H and O–H groups in total. The summed E-state index contributed by atoms with van der Waals surface area (Å²) in [6.45, 7) is 2.09. The Balaban J connectivity index is 1.64. The van der Waals surface area contributed by atoms with Gasteiger partial charge in [0.1, 0.15) is 5.75 Å². The molecular formula is C19H18BrNO5. The van der Waals surface area contributed by atoms with Gasteiger partial charge in [-0.25, -0.2) is 4.79 Å². The number of amides is 1. The van der Waals surface area contributed by atoms with Crippen LogP contribution in [0.5, 0.6) is 5.75 Å². The lowest BCUT2D eigenvalue weighted by atomic mass is 10.1. The Morgan fingerprint density at radius 2 is 2.00 bits per heavy atom. The predicted molar refractivity (Wildman–Crippen MR) is 99.9 cm³/mol. The quantitative estimate of drug-likeness (QED) is 0.743. The van der Waals surface area contributed by atoms with E-state index in [1.54, 1.807) is 36.4 Å². The Morgan fingerprint density at radius 3 is 2.65 bits per heavy atom. The number of anilines is 1. The van der Waals surface area contributed by atoms with Crippen molar-refractivity contribution in [3.8, 4) is 5.75 Å². The van der Waals surface area contributed by atoms with Gasteiger partial charge in [-0.1, -0.05) is 15.9 Å². The van der Waals surface area contributed by atoms with Crippen molar-refractivity contribution in [3.05, 3.63) is 58.1 Å². The number of carbonyl (C=O) groups is 2. The second-order valence-electron chi connectivity index (χ2n) is 6.01. The summed E-state index contributed by atoms with van der Waals surface area (Å²) in [5.74, 6) is -0.403. The molecule has 1 fully saturated rings. The van der Waals surface area contributed by atoms with Crippen LogP contribution in [-0.2, 0) is 4.74 Å². The lowest BCUT2D eigenvalue weighted by Crippen LogP contribution is -2.15. The van der Waals surface area contributed by atoms with E-state index in [0.717, 1.165) is 19.6 Å². The van der Waals surface area contributed by atoms with Crippen LogP contribution in [0, 0.1) is 5.92 Å². The van der Waals surface area contributed by atoms with E-state index in [-0.39, 0.29) is 17.2 Å². The molecule has 1 unspecified atom stereocenters. The third-order valence-corrected chi connectivity index (χ3v) is 4.58. The zero-order valence-corrected chi connectivity index (χ0v) is 15.5. The molecule has 6 nitrogen and oxygen atoms in total. The molecule has 1 heterocycles. The number of hydrogen-bond acceptors (Lipinski definition) is 4. The highest BCUT2D eigenvalue weighted by Crippen LogP contribution is 2.22. The van der Waals surface area contributed by atoms with Crippen LogP contribution < -0.4 is 10.1 Å². The first-order valence-electron chi connectivity index (χ1n) is 8.18. The number of nitrogens with one attached hydrogen (secondary N) is 1. The zero-order chi connectivity index (χ0) is 18.5. The van der Waals surface area contributed by atoms with Crippen LogP contribution in [0.4, 0.5) is 5.69 Å². The minimum atomic E-state index is -1.11. The molecular weight excluding hydrogens is 402 g/mol. The number of ether oxygens (including phenoxy) is 2. The van der Waals surface area contributed by atoms with Crippen molar-refractivity contribution in [2.75, 3.05) is 25.1 Å². The number of hydrogen-bond donors (Lipinski definition) is 2. The highest BCUT2D eigenvalue weighted by Gasteiger charge is 2.17. The molecule has 26 heavy (non-hydrogen) atoms. The number of rotatable bonds is 6. The largest absolute Gasteiger partial charge is 0.493 e. The van der Waals surface area contributed by atoms with Gasteiger partial charge < -0.3 is 19.9 Å². The number of aromatic carboxylic acids is 1. The summed E-state index contributed by atoms with van der Waals surface area (Å²) in [7, 11) is 0. The van der Waals surface area contributed by atoms with Gasteiger partial charge >= 0.3 is 5.97 Å². The molecule has 0 saturated carbocycles. The molecule has 3 rings (SSSR count). The first-order valence-corrected chi connectivity index (χ1v) is 8.97. The molecule has 2 aromatic carbocycles. The SMILES string of the molecule is O=C(Nc1ccc(Br)cc1C(=O)O)c1ccc(OCC2CCOC2)cc1. The maximum Gasteiger partial charge on any atom is 0.337 e. The van der Waals surface area contributed by atoms with Crippen molar-refractivity contribution in [1.29, 1.82) is 0 Å². The highest BCUT2D eigenvalue weighted by atomic mass is 79.9. The summed E-state index contributed by atoms with van der Waals surface area (Å²) in [6, 6.07) is 11.4. The topological polar surface area (TPSA) is 84.9 Å². The molecule has 0 aromatic heterocycles. The van der Waals surface area contributed by atoms with Crippen LogP contribution >= 0.6 is 15.9 Å². The Bertz CT molecular complexity index is 800. The van der Waals surface area contributed by atoms with Crippen molar-refractivity contribution < 1.29 is 24.2 Å². The monoisotopic (exact) mass is 419 g/mol. The molecule has 7 heteroatoms. The smallest absolute Gasteiger partial charge is 0.337 e. The molecule has 1 saturated heterocycles. The minimum absolute atomic E-state index is 0.0199. The van der Waals surface area contributed by atoms with Gasteiger partial charge in [0.15, 0.2) is 0 Å². The number of halogens is 1. The molecule has 136 valence electrons. The minimum Gasteiger partial charge on any atom is -0.493 e. The normalized spacial score (nSPS) is 16.3. The number of benzene rings is 2. The average molecular weight is 420 g/mol. The second-order valence-corrected chi connectivity index (χ2v) is 6.93. The standard InChI is InChI=1S/C19H18BrNO5/c20-14-3-6-17(16(9-14)19(23)24)21-18(22)13-1-4-15(5-2-13)26-11-12-7-8-25-10-12/h1-6,9,12H,7-8,10-11H2,(H,21,22)(H,23,24). The van der Waals surface area contributed by atoms with E-state index in [1.807, 2.05) is 0 Å². The van der Waals surface area contributed by atoms with E-state index < -0.39 is 5.97 Å². The molecule has 0 radical (unpaired) electrons. The molecule has 0 bridgehead atoms. The molecule has 1 atom stereocenters. The summed E-state index contributed by atoms with van der Waals surface area (Å²) in [6.07, 6.45) is 1.000. The van der Waals surface area contributed by atoms with E-state index in [9.17, 15) is 14.7 Å². The van der Waals surface area contributed by atoms with Crippen LogP contribution in [-0.4, -0.2) is 36.8 Å². The maximum atomic E-state index is 12.4. The average Bonchev–Trinajstić information content (AvgIpc) is 3.15. The van der Waals surface area contributed by atoms with Crippen LogP contribution in [0.25, 0.3) is 0 Å². The lowest BCUT2D eigenvalue weighted by molar-refractivity contribution is 0.0698. The Hall–Kier alpha value is -2.38. The van der Waals surface area contributed by atoms with E-state index in [1.165, 1.54) is 6.07 Å². The fourth-order valence-electron chi connectivity index (χ4n) is 2.63. The van der Waals surface area contributed by atoms with Crippen molar-refractivity contribution in [1.82, 2.24) is 0 Å². The Labute approximate surface area is 159 Å². The van der Waals surface area contributed by atoms with Crippen LogP contribution in [0.1, 0.15) is 27.1 Å². The van der Waals surface area contributed by atoms with Crippen molar-refractivity contribution in [2.24, 2.45) is 5.92 Å². The van der Waals surface area contributed by atoms with E-state index in [0.29, 0.717) is 28.3 Å². The van der Waals surface area contributed by atoms with Crippen molar-refractivity contribution in [3.63, 3.8) is 0 Å². The number of carboxylic acid groups (broad SMARTS) is 1. The molecule has 1 aliphatic heterocycles. The molecule has 1 amide bonds. The van der Waals surface area contributed by atoms with Crippen LogP contribution in [0.3, 0.4) is 0 Å². The first kappa shape index (κ1) is 18.4. The first-order chi connectivity index (χ1) is 12.5. The molecule has 2 aromatic rings. The number of carbonyl (C=O) groups excluding carboxylic acids is 1. The fraction of sp³-hybridized carbons (Fsp3) is 0.263. The van der Waals surface area contributed by atoms with Gasteiger partial charge in [0.05, 0.1) is 24.5 Å². The predicted octanol–water partition coefficient (Wildman–Crippen LogP) is 3.81. The summed E-state index contributed by atoms with van der Waals surface area (Å²) >= 11 is 3.22. The Morgan fingerprint density at radius 1 is 1.23 bits per heavy atom. The van der Waals surface area contributed by atoms with Crippen molar-refractivity contribution >= 4 is 33.5 Å². The van der Waals surface area contributed by atoms with Crippen LogP contribution in [0.2, 0.25) is 0 Å². The third kappa shape index (κ3) is 4.62. The fourth-order valence-corrected chi connectivity index (χ4v) is 2.99.